The summed E-state index contributed by atoms with van der Waals surface area (Å²) in [6.07, 6.45) is -2.13. The number of aliphatic hydroxyl groups excluding tert-OH is 1. The summed E-state index contributed by atoms with van der Waals surface area (Å²) in [6, 6.07) is 0. The van der Waals surface area contributed by atoms with Gasteiger partial charge in [0.15, 0.2) is 6.10 Å². The zero-order chi connectivity index (χ0) is 11.7. The van der Waals surface area contributed by atoms with Gasteiger partial charge in [-0.2, -0.15) is 0 Å². The predicted molar refractivity (Wildman–Crippen MR) is 48.7 cm³/mol. The lowest BCUT2D eigenvalue weighted by molar-refractivity contribution is -0.163. The second-order valence-corrected chi connectivity index (χ2v) is 2.50. The molecule has 0 radical (unpaired) electrons. The normalized spacial score (nSPS) is 11.7. The Bertz CT molecular complexity index is 207. The van der Waals surface area contributed by atoms with Gasteiger partial charge in [0.2, 0.25) is 6.79 Å². The van der Waals surface area contributed by atoms with Crippen LogP contribution in [0.5, 0.6) is 0 Å². The Kier molecular flexibility index (Phi) is 7.29. The maximum atomic E-state index is 10.9. The average molecular weight is 221 g/mol. The fourth-order valence-electron chi connectivity index (χ4n) is 0.667. The second kappa shape index (κ2) is 8.01. The lowest BCUT2D eigenvalue weighted by Gasteiger charge is -2.09. The highest BCUT2D eigenvalue weighted by Gasteiger charge is 2.16. The van der Waals surface area contributed by atoms with Crippen molar-refractivity contribution < 1.29 is 28.9 Å². The number of carbonyl (C=O) groups is 2. The summed E-state index contributed by atoms with van der Waals surface area (Å²) in [5.74, 6) is -0.884. The molecule has 0 aromatic rings. The van der Waals surface area contributed by atoms with E-state index < -0.39 is 25.0 Å². The Morgan fingerprint density at radius 2 is 2.00 bits per heavy atom. The van der Waals surface area contributed by atoms with Crippen LogP contribution in [0.1, 0.15) is 13.3 Å². The molecule has 0 saturated heterocycles. The predicted octanol–water partition coefficient (Wildman–Crippen LogP) is -0.630. The van der Waals surface area contributed by atoms with E-state index in [9.17, 15) is 9.59 Å². The van der Waals surface area contributed by atoms with Crippen molar-refractivity contribution in [3.63, 3.8) is 0 Å². The highest BCUT2D eigenvalue weighted by molar-refractivity contribution is 5.74. The Morgan fingerprint density at radius 3 is 2.53 bits per heavy atom. The van der Waals surface area contributed by atoms with Crippen LogP contribution in [0.3, 0.4) is 0 Å². The summed E-state index contributed by atoms with van der Waals surface area (Å²) >= 11 is 0. The van der Waals surface area contributed by atoms with E-state index in [-0.39, 0.29) is 19.6 Å². The van der Waals surface area contributed by atoms with Gasteiger partial charge in [-0.25, -0.2) is 9.59 Å². The molecule has 0 aromatic carbocycles. The maximum absolute atomic E-state index is 10.9. The molecule has 88 valence electrons. The largest absolute Gasteiger partial charge is 0.511 e. The topological polar surface area (TPSA) is 108 Å². The van der Waals surface area contributed by atoms with E-state index in [0.717, 1.165) is 0 Å². The van der Waals surface area contributed by atoms with Crippen LogP contribution in [0.25, 0.3) is 0 Å². The van der Waals surface area contributed by atoms with Crippen molar-refractivity contribution in [2.45, 2.75) is 19.4 Å². The van der Waals surface area contributed by atoms with Crippen LogP contribution in [0.15, 0.2) is 0 Å². The van der Waals surface area contributed by atoms with Crippen molar-refractivity contribution in [2.75, 3.05) is 19.9 Å². The Labute approximate surface area is 87.1 Å². The lowest BCUT2D eigenvalue weighted by atomic mass is 10.2. The van der Waals surface area contributed by atoms with Gasteiger partial charge in [0.25, 0.3) is 0 Å². The van der Waals surface area contributed by atoms with Crippen LogP contribution < -0.4 is 5.73 Å². The fourth-order valence-corrected chi connectivity index (χ4v) is 0.667. The van der Waals surface area contributed by atoms with Crippen LogP contribution in [-0.4, -0.2) is 43.3 Å². The van der Waals surface area contributed by atoms with Crippen molar-refractivity contribution in [3.05, 3.63) is 0 Å². The summed E-state index contributed by atoms with van der Waals surface area (Å²) in [4.78, 5) is 21.5. The number of aliphatic hydroxyl groups is 1. The van der Waals surface area contributed by atoms with E-state index in [4.69, 9.17) is 10.8 Å². The first-order chi connectivity index (χ1) is 7.11. The van der Waals surface area contributed by atoms with Crippen LogP contribution in [0.4, 0.5) is 4.79 Å². The standard InChI is InChI=1S/C8H15NO6/c1-2-13-8(12)15-5-14-7(11)6(10)3-4-9/h6,10H,2-5,9H2,1H3. The van der Waals surface area contributed by atoms with Gasteiger partial charge in [-0.1, -0.05) is 0 Å². The number of hydrogen-bond donors (Lipinski definition) is 2. The van der Waals surface area contributed by atoms with Gasteiger partial charge < -0.3 is 25.1 Å². The number of ether oxygens (including phenoxy) is 3. The molecule has 0 bridgehead atoms. The molecule has 3 N–H and O–H groups in total. The zero-order valence-electron chi connectivity index (χ0n) is 8.47. The molecule has 15 heavy (non-hydrogen) atoms. The SMILES string of the molecule is CCOC(=O)OCOC(=O)C(O)CCN. The number of carbonyl (C=O) groups excluding carboxylic acids is 2. The third kappa shape index (κ3) is 6.69. The molecule has 0 aliphatic carbocycles. The van der Waals surface area contributed by atoms with Crippen molar-refractivity contribution in [2.24, 2.45) is 5.73 Å². The zero-order valence-corrected chi connectivity index (χ0v) is 8.47. The third-order valence-electron chi connectivity index (χ3n) is 1.35. The molecule has 7 nitrogen and oxygen atoms in total. The van der Waals surface area contributed by atoms with Crippen molar-refractivity contribution in [1.29, 1.82) is 0 Å². The number of hydrogen-bond acceptors (Lipinski definition) is 7. The number of rotatable bonds is 6. The van der Waals surface area contributed by atoms with Gasteiger partial charge in [-0.3, -0.25) is 0 Å². The van der Waals surface area contributed by atoms with Crippen LogP contribution in [0, 0.1) is 0 Å². The summed E-state index contributed by atoms with van der Waals surface area (Å²) < 4.78 is 13.1. The maximum Gasteiger partial charge on any atom is 0.511 e. The minimum Gasteiger partial charge on any atom is -0.435 e. The van der Waals surface area contributed by atoms with Crippen molar-refractivity contribution >= 4 is 12.1 Å². The Hall–Kier alpha value is -1.34. The van der Waals surface area contributed by atoms with E-state index in [1.807, 2.05) is 0 Å². The summed E-state index contributed by atoms with van der Waals surface area (Å²) in [6.45, 7) is 1.36. The molecule has 0 amide bonds. The first kappa shape index (κ1) is 13.7. The lowest BCUT2D eigenvalue weighted by Crippen LogP contribution is -2.27. The van der Waals surface area contributed by atoms with Gasteiger partial charge in [0, 0.05) is 0 Å². The van der Waals surface area contributed by atoms with Gasteiger partial charge in [-0.15, -0.1) is 0 Å². The molecule has 0 spiro atoms. The van der Waals surface area contributed by atoms with E-state index in [0.29, 0.717) is 0 Å². The van der Waals surface area contributed by atoms with Crippen LogP contribution in [0.2, 0.25) is 0 Å². The monoisotopic (exact) mass is 221 g/mol. The molecule has 0 rings (SSSR count). The second-order valence-electron chi connectivity index (χ2n) is 2.50. The highest BCUT2D eigenvalue weighted by Crippen LogP contribution is 1.94. The summed E-state index contributed by atoms with van der Waals surface area (Å²) in [7, 11) is 0. The van der Waals surface area contributed by atoms with Gasteiger partial charge in [0.05, 0.1) is 6.61 Å². The number of nitrogens with two attached hydrogens (primary N) is 1. The Morgan fingerprint density at radius 1 is 1.33 bits per heavy atom. The molecule has 0 aliphatic heterocycles. The molecular formula is C8H15NO6. The smallest absolute Gasteiger partial charge is 0.435 e. The summed E-state index contributed by atoms with van der Waals surface area (Å²) in [5, 5.41) is 9.06. The molecule has 0 heterocycles. The van der Waals surface area contributed by atoms with Gasteiger partial charge >= 0.3 is 12.1 Å². The average Bonchev–Trinajstić information content (AvgIpc) is 2.18. The number of esters is 1. The van der Waals surface area contributed by atoms with Crippen LogP contribution >= 0.6 is 0 Å². The fraction of sp³-hybridized carbons (Fsp3) is 0.750. The molecule has 0 saturated carbocycles. The first-order valence-electron chi connectivity index (χ1n) is 4.46. The summed E-state index contributed by atoms with van der Waals surface area (Å²) in [5.41, 5.74) is 5.11. The van der Waals surface area contributed by atoms with Gasteiger partial charge in [0.1, 0.15) is 0 Å². The molecule has 0 aromatic heterocycles. The van der Waals surface area contributed by atoms with Crippen molar-refractivity contribution in [1.82, 2.24) is 0 Å². The Balaban J connectivity index is 3.58. The van der Waals surface area contributed by atoms with Gasteiger partial charge in [-0.05, 0) is 19.9 Å². The molecule has 7 heteroatoms. The molecule has 1 atom stereocenters. The van der Waals surface area contributed by atoms with E-state index in [2.05, 4.69) is 14.2 Å². The van der Waals surface area contributed by atoms with E-state index in [1.165, 1.54) is 0 Å². The van der Waals surface area contributed by atoms with Crippen molar-refractivity contribution in [3.8, 4) is 0 Å². The molecule has 1 unspecified atom stereocenters. The third-order valence-corrected chi connectivity index (χ3v) is 1.35. The molecular weight excluding hydrogens is 206 g/mol. The molecule has 0 fully saturated rings. The quantitative estimate of drug-likeness (QED) is 0.454. The minimum atomic E-state index is -1.29. The van der Waals surface area contributed by atoms with E-state index in [1.54, 1.807) is 6.92 Å². The highest BCUT2D eigenvalue weighted by atomic mass is 16.8. The molecule has 0 aliphatic rings. The van der Waals surface area contributed by atoms with E-state index >= 15 is 0 Å². The first-order valence-corrected chi connectivity index (χ1v) is 4.46. The van der Waals surface area contributed by atoms with Crippen LogP contribution in [-0.2, 0) is 19.0 Å². The minimum absolute atomic E-state index is 0.0955.